The molecule has 0 aromatic heterocycles. The minimum atomic E-state index is -0.498. The van der Waals surface area contributed by atoms with Crippen LogP contribution < -0.4 is 5.32 Å². The molecule has 0 spiro atoms. The van der Waals surface area contributed by atoms with E-state index >= 15 is 0 Å². The van der Waals surface area contributed by atoms with Gasteiger partial charge in [0.2, 0.25) is 0 Å². The summed E-state index contributed by atoms with van der Waals surface area (Å²) in [6.45, 7) is 1.64. The smallest absolute Gasteiger partial charge is 0.123 e. The van der Waals surface area contributed by atoms with Gasteiger partial charge in [0.15, 0.2) is 0 Å². The largest absolute Gasteiger partial charge is 0.389 e. The third-order valence-corrected chi connectivity index (χ3v) is 4.38. The predicted octanol–water partition coefficient (Wildman–Crippen LogP) is 2.58. The van der Waals surface area contributed by atoms with Crippen molar-refractivity contribution < 1.29 is 14.2 Å². The lowest BCUT2D eigenvalue weighted by Gasteiger charge is -2.27. The average Bonchev–Trinajstić information content (AvgIpc) is 3.29. The molecule has 116 valence electrons. The Balaban J connectivity index is 1.47. The van der Waals surface area contributed by atoms with E-state index in [1.807, 2.05) is 6.07 Å². The van der Waals surface area contributed by atoms with Gasteiger partial charge in [0.1, 0.15) is 5.82 Å². The molecule has 1 aromatic rings. The van der Waals surface area contributed by atoms with Crippen LogP contribution in [0.5, 0.6) is 0 Å². The Bertz CT molecular complexity index is 476. The predicted molar refractivity (Wildman–Crippen MR) is 79.6 cm³/mol. The van der Waals surface area contributed by atoms with Gasteiger partial charge in [-0.3, -0.25) is 0 Å². The van der Waals surface area contributed by atoms with Crippen molar-refractivity contribution in [2.45, 2.75) is 44.2 Å². The highest BCUT2D eigenvalue weighted by atomic mass is 19.1. The van der Waals surface area contributed by atoms with Gasteiger partial charge in [-0.2, -0.15) is 0 Å². The number of benzene rings is 1. The number of hydrogen-bond acceptors (Lipinski definition) is 3. The quantitative estimate of drug-likeness (QED) is 0.812. The van der Waals surface area contributed by atoms with E-state index in [0.29, 0.717) is 13.2 Å². The first kappa shape index (κ1) is 14.9. The maximum Gasteiger partial charge on any atom is 0.123 e. The molecule has 0 radical (unpaired) electrons. The highest BCUT2D eigenvalue weighted by molar-refractivity contribution is 5.32. The number of hydrogen-bond donors (Lipinski definition) is 2. The Hall–Kier alpha value is -0.970. The van der Waals surface area contributed by atoms with Crippen LogP contribution in [0.1, 0.15) is 42.9 Å². The first-order chi connectivity index (χ1) is 10.2. The van der Waals surface area contributed by atoms with E-state index in [2.05, 4.69) is 5.32 Å². The van der Waals surface area contributed by atoms with Crippen LogP contribution in [0.15, 0.2) is 18.2 Å². The van der Waals surface area contributed by atoms with E-state index in [0.717, 1.165) is 37.4 Å². The van der Waals surface area contributed by atoms with Gasteiger partial charge >= 0.3 is 0 Å². The Morgan fingerprint density at radius 3 is 3.00 bits per heavy atom. The molecule has 0 bridgehead atoms. The van der Waals surface area contributed by atoms with Crippen molar-refractivity contribution in [2.24, 2.45) is 5.92 Å². The molecule has 0 heterocycles. The first-order valence-corrected chi connectivity index (χ1v) is 8.00. The van der Waals surface area contributed by atoms with Crippen molar-refractivity contribution in [3.05, 3.63) is 35.1 Å². The Morgan fingerprint density at radius 1 is 1.33 bits per heavy atom. The number of fused-ring (bicyclic) bond motifs is 1. The van der Waals surface area contributed by atoms with Gasteiger partial charge in [0.05, 0.1) is 12.7 Å². The summed E-state index contributed by atoms with van der Waals surface area (Å²) in [7, 11) is 0. The summed E-state index contributed by atoms with van der Waals surface area (Å²) in [5.74, 6) is 0.536. The molecule has 21 heavy (non-hydrogen) atoms. The maximum absolute atomic E-state index is 13.4. The normalized spacial score (nSPS) is 22.9. The van der Waals surface area contributed by atoms with Crippen LogP contribution in [0, 0.1) is 11.7 Å². The van der Waals surface area contributed by atoms with Crippen molar-refractivity contribution in [3.8, 4) is 0 Å². The highest BCUT2D eigenvalue weighted by Crippen LogP contribution is 2.30. The molecule has 4 heteroatoms. The van der Waals surface area contributed by atoms with Crippen LogP contribution in [-0.4, -0.2) is 31.0 Å². The Morgan fingerprint density at radius 2 is 2.19 bits per heavy atom. The average molecular weight is 293 g/mol. The summed E-state index contributed by atoms with van der Waals surface area (Å²) in [6.07, 6.45) is 5.14. The summed E-state index contributed by atoms with van der Waals surface area (Å²) < 4.78 is 18.9. The molecular formula is C17H24FNO2. The summed E-state index contributed by atoms with van der Waals surface area (Å²) in [6, 6.07) is 5.18. The van der Waals surface area contributed by atoms with Gasteiger partial charge in [-0.05, 0) is 61.3 Å². The van der Waals surface area contributed by atoms with Crippen molar-refractivity contribution in [1.82, 2.24) is 5.32 Å². The molecule has 2 N–H and O–H groups in total. The monoisotopic (exact) mass is 293 g/mol. The molecule has 1 saturated carbocycles. The molecular weight excluding hydrogens is 269 g/mol. The Labute approximate surface area is 125 Å². The van der Waals surface area contributed by atoms with Crippen molar-refractivity contribution >= 4 is 0 Å². The van der Waals surface area contributed by atoms with Crippen molar-refractivity contribution in [1.29, 1.82) is 0 Å². The number of aryl methyl sites for hydroxylation is 1. The standard InChI is InChI=1S/C17H24FNO2/c18-14-7-6-13-2-1-3-17(16(13)8-14)19-9-15(20)11-21-10-12-4-5-12/h6-8,12,15,17,19-20H,1-5,9-11H2. The van der Waals surface area contributed by atoms with E-state index in [-0.39, 0.29) is 11.9 Å². The molecule has 1 aromatic carbocycles. The maximum atomic E-state index is 13.4. The van der Waals surface area contributed by atoms with Gasteiger partial charge in [0.25, 0.3) is 0 Å². The fourth-order valence-electron chi connectivity index (χ4n) is 2.97. The number of halogens is 1. The van der Waals surface area contributed by atoms with E-state index < -0.39 is 6.10 Å². The minimum Gasteiger partial charge on any atom is -0.389 e. The molecule has 2 atom stereocenters. The first-order valence-electron chi connectivity index (χ1n) is 8.00. The third kappa shape index (κ3) is 4.25. The summed E-state index contributed by atoms with van der Waals surface area (Å²) in [5, 5.41) is 13.3. The van der Waals surface area contributed by atoms with Crippen LogP contribution in [0.25, 0.3) is 0 Å². The summed E-state index contributed by atoms with van der Waals surface area (Å²) in [4.78, 5) is 0. The van der Waals surface area contributed by atoms with Gasteiger partial charge in [-0.1, -0.05) is 6.07 Å². The molecule has 0 aliphatic heterocycles. The van der Waals surface area contributed by atoms with Gasteiger partial charge in [0, 0.05) is 19.2 Å². The number of nitrogens with one attached hydrogen (secondary N) is 1. The molecule has 2 aliphatic carbocycles. The zero-order valence-corrected chi connectivity index (χ0v) is 12.4. The SMILES string of the molecule is OC(CNC1CCCc2ccc(F)cc21)COCC1CC1. The molecule has 0 amide bonds. The molecule has 3 nitrogen and oxygen atoms in total. The zero-order chi connectivity index (χ0) is 14.7. The Kier molecular flexibility index (Phi) is 4.88. The molecule has 2 aliphatic rings. The third-order valence-electron chi connectivity index (χ3n) is 4.38. The van der Waals surface area contributed by atoms with Crippen LogP contribution in [-0.2, 0) is 11.2 Å². The second kappa shape index (κ2) is 6.86. The molecule has 2 unspecified atom stereocenters. The van der Waals surface area contributed by atoms with Crippen LogP contribution in [0.2, 0.25) is 0 Å². The number of aliphatic hydroxyl groups excluding tert-OH is 1. The molecule has 0 saturated heterocycles. The van der Waals surface area contributed by atoms with Crippen molar-refractivity contribution in [3.63, 3.8) is 0 Å². The van der Waals surface area contributed by atoms with E-state index in [1.54, 1.807) is 6.07 Å². The second-order valence-electron chi connectivity index (χ2n) is 6.33. The van der Waals surface area contributed by atoms with E-state index in [9.17, 15) is 9.50 Å². The topological polar surface area (TPSA) is 41.5 Å². The fourth-order valence-corrected chi connectivity index (χ4v) is 2.97. The fraction of sp³-hybridized carbons (Fsp3) is 0.647. The van der Waals surface area contributed by atoms with Crippen molar-refractivity contribution in [2.75, 3.05) is 19.8 Å². The van der Waals surface area contributed by atoms with Crippen LogP contribution >= 0.6 is 0 Å². The van der Waals surface area contributed by atoms with E-state index in [4.69, 9.17) is 4.74 Å². The lowest BCUT2D eigenvalue weighted by Crippen LogP contribution is -2.34. The van der Waals surface area contributed by atoms with E-state index in [1.165, 1.54) is 24.5 Å². The molecule has 3 rings (SSSR count). The lowest BCUT2D eigenvalue weighted by atomic mass is 9.87. The summed E-state index contributed by atoms with van der Waals surface area (Å²) >= 11 is 0. The zero-order valence-electron chi connectivity index (χ0n) is 12.4. The number of rotatable bonds is 7. The lowest BCUT2D eigenvalue weighted by molar-refractivity contribution is 0.0310. The summed E-state index contributed by atoms with van der Waals surface area (Å²) in [5.41, 5.74) is 2.27. The second-order valence-corrected chi connectivity index (χ2v) is 6.33. The van der Waals surface area contributed by atoms with Crippen LogP contribution in [0.4, 0.5) is 4.39 Å². The minimum absolute atomic E-state index is 0.141. The number of ether oxygens (including phenoxy) is 1. The highest BCUT2D eigenvalue weighted by Gasteiger charge is 2.23. The van der Waals surface area contributed by atoms with Gasteiger partial charge in [-0.25, -0.2) is 4.39 Å². The van der Waals surface area contributed by atoms with Gasteiger partial charge in [-0.15, -0.1) is 0 Å². The van der Waals surface area contributed by atoms with Gasteiger partial charge < -0.3 is 15.2 Å². The molecule has 1 fully saturated rings. The van der Waals surface area contributed by atoms with Crippen LogP contribution in [0.3, 0.4) is 0 Å². The number of aliphatic hydroxyl groups is 1.